The minimum absolute atomic E-state index is 0.00914. The summed E-state index contributed by atoms with van der Waals surface area (Å²) in [5.41, 5.74) is 2.05. The van der Waals surface area contributed by atoms with Crippen molar-refractivity contribution in [3.05, 3.63) is 30.0 Å². The van der Waals surface area contributed by atoms with Gasteiger partial charge in [-0.2, -0.15) is 0 Å². The molecule has 0 bridgehead atoms. The van der Waals surface area contributed by atoms with Gasteiger partial charge in [-0.3, -0.25) is 4.79 Å². The van der Waals surface area contributed by atoms with Crippen molar-refractivity contribution in [3.63, 3.8) is 0 Å². The number of nitrogens with zero attached hydrogens (tertiary/aromatic N) is 1. The van der Waals surface area contributed by atoms with E-state index in [4.69, 9.17) is 4.74 Å². The second-order valence-electron chi connectivity index (χ2n) is 3.94. The second-order valence-corrected chi connectivity index (χ2v) is 3.94. The molecule has 1 aromatic heterocycles. The van der Waals surface area contributed by atoms with Crippen molar-refractivity contribution in [2.75, 3.05) is 14.2 Å². The maximum atomic E-state index is 11.4. The van der Waals surface area contributed by atoms with E-state index in [1.165, 1.54) is 0 Å². The Morgan fingerprint density at radius 1 is 1.47 bits per heavy atom. The molecule has 17 heavy (non-hydrogen) atoms. The molecule has 0 spiro atoms. The van der Waals surface area contributed by atoms with Crippen LogP contribution in [0.2, 0.25) is 0 Å². The largest absolute Gasteiger partial charge is 0.496 e. The van der Waals surface area contributed by atoms with Crippen molar-refractivity contribution in [1.82, 2.24) is 9.88 Å². The second kappa shape index (κ2) is 4.49. The SMILES string of the molecule is CNC(=O)Cc1cc2c(OC)cccc2n1C. The monoisotopic (exact) mass is 232 g/mol. The molecule has 0 aliphatic rings. The van der Waals surface area contributed by atoms with Gasteiger partial charge in [0.1, 0.15) is 5.75 Å². The molecule has 1 amide bonds. The van der Waals surface area contributed by atoms with Gasteiger partial charge in [-0.15, -0.1) is 0 Å². The van der Waals surface area contributed by atoms with E-state index >= 15 is 0 Å². The topological polar surface area (TPSA) is 43.3 Å². The third-order valence-electron chi connectivity index (χ3n) is 2.99. The van der Waals surface area contributed by atoms with Gasteiger partial charge in [0.25, 0.3) is 0 Å². The lowest BCUT2D eigenvalue weighted by Gasteiger charge is -2.03. The fourth-order valence-corrected chi connectivity index (χ4v) is 1.99. The van der Waals surface area contributed by atoms with E-state index in [1.807, 2.05) is 35.9 Å². The highest BCUT2D eigenvalue weighted by molar-refractivity contribution is 5.89. The Morgan fingerprint density at radius 3 is 2.88 bits per heavy atom. The summed E-state index contributed by atoms with van der Waals surface area (Å²) >= 11 is 0. The zero-order chi connectivity index (χ0) is 12.4. The lowest BCUT2D eigenvalue weighted by molar-refractivity contribution is -0.120. The maximum absolute atomic E-state index is 11.4. The van der Waals surface area contributed by atoms with Crippen molar-refractivity contribution in [1.29, 1.82) is 0 Å². The minimum atomic E-state index is 0.00914. The van der Waals surface area contributed by atoms with Gasteiger partial charge in [0.05, 0.1) is 19.0 Å². The molecule has 1 aromatic carbocycles. The average molecular weight is 232 g/mol. The van der Waals surface area contributed by atoms with Crippen LogP contribution in [-0.4, -0.2) is 24.6 Å². The summed E-state index contributed by atoms with van der Waals surface area (Å²) in [7, 11) is 5.26. The minimum Gasteiger partial charge on any atom is -0.496 e. The summed E-state index contributed by atoms with van der Waals surface area (Å²) in [6.07, 6.45) is 0.380. The van der Waals surface area contributed by atoms with Gasteiger partial charge in [0, 0.05) is 25.2 Å². The molecule has 0 atom stereocenters. The molecule has 2 aromatic rings. The number of rotatable bonds is 3. The van der Waals surface area contributed by atoms with Gasteiger partial charge in [-0.05, 0) is 18.2 Å². The molecule has 1 N–H and O–H groups in total. The molecule has 4 heteroatoms. The van der Waals surface area contributed by atoms with Crippen LogP contribution in [0.1, 0.15) is 5.69 Å². The summed E-state index contributed by atoms with van der Waals surface area (Å²) < 4.78 is 7.33. The van der Waals surface area contributed by atoms with Crippen LogP contribution in [0.4, 0.5) is 0 Å². The van der Waals surface area contributed by atoms with Gasteiger partial charge in [-0.1, -0.05) is 6.07 Å². The average Bonchev–Trinajstić information content (AvgIpc) is 2.66. The van der Waals surface area contributed by atoms with Gasteiger partial charge in [-0.25, -0.2) is 0 Å². The molecule has 0 fully saturated rings. The van der Waals surface area contributed by atoms with Crippen molar-refractivity contribution >= 4 is 16.8 Å². The van der Waals surface area contributed by atoms with Crippen LogP contribution >= 0.6 is 0 Å². The van der Waals surface area contributed by atoms with E-state index in [2.05, 4.69) is 5.32 Å². The molecule has 1 heterocycles. The molecule has 0 saturated carbocycles. The first-order chi connectivity index (χ1) is 8.17. The zero-order valence-electron chi connectivity index (χ0n) is 10.3. The van der Waals surface area contributed by atoms with E-state index in [9.17, 15) is 4.79 Å². The standard InChI is InChI=1S/C13H16N2O2/c1-14-13(16)8-9-7-10-11(15(9)2)5-4-6-12(10)17-3/h4-7H,8H2,1-3H3,(H,14,16). The number of hydrogen-bond acceptors (Lipinski definition) is 2. The van der Waals surface area contributed by atoms with Gasteiger partial charge in [0.15, 0.2) is 0 Å². The number of aromatic nitrogens is 1. The highest BCUT2D eigenvalue weighted by Gasteiger charge is 2.11. The van der Waals surface area contributed by atoms with E-state index in [-0.39, 0.29) is 5.91 Å². The number of benzene rings is 1. The molecule has 2 rings (SSSR count). The highest BCUT2D eigenvalue weighted by atomic mass is 16.5. The summed E-state index contributed by atoms with van der Waals surface area (Å²) in [5.74, 6) is 0.844. The molecule has 0 unspecified atom stereocenters. The number of ether oxygens (including phenoxy) is 1. The van der Waals surface area contributed by atoms with Gasteiger partial charge in [0.2, 0.25) is 5.91 Å². The Hall–Kier alpha value is -1.97. The van der Waals surface area contributed by atoms with Gasteiger partial charge >= 0.3 is 0 Å². The van der Waals surface area contributed by atoms with Crippen molar-refractivity contribution in [3.8, 4) is 5.75 Å². The first-order valence-electron chi connectivity index (χ1n) is 5.49. The Bertz CT molecular complexity index is 558. The number of aryl methyl sites for hydroxylation is 1. The van der Waals surface area contributed by atoms with E-state index in [0.717, 1.165) is 22.3 Å². The predicted molar refractivity (Wildman–Crippen MR) is 67.2 cm³/mol. The molecule has 0 aliphatic heterocycles. The fourth-order valence-electron chi connectivity index (χ4n) is 1.99. The molecular formula is C13H16N2O2. The van der Waals surface area contributed by atoms with E-state index < -0.39 is 0 Å². The van der Waals surface area contributed by atoms with Crippen LogP contribution in [0, 0.1) is 0 Å². The quantitative estimate of drug-likeness (QED) is 0.871. The number of carbonyl (C=O) groups is 1. The number of likely N-dealkylation sites (N-methyl/N-ethyl adjacent to an activating group) is 1. The van der Waals surface area contributed by atoms with Crippen LogP contribution in [0.25, 0.3) is 10.9 Å². The third-order valence-corrected chi connectivity index (χ3v) is 2.99. The number of hydrogen-bond donors (Lipinski definition) is 1. The number of nitrogens with one attached hydrogen (secondary N) is 1. The lowest BCUT2D eigenvalue weighted by atomic mass is 10.2. The molecule has 90 valence electrons. The number of amides is 1. The molecule has 0 saturated heterocycles. The van der Waals surface area contributed by atoms with Crippen molar-refractivity contribution < 1.29 is 9.53 Å². The Morgan fingerprint density at radius 2 is 2.24 bits per heavy atom. The van der Waals surface area contributed by atoms with Crippen LogP contribution in [-0.2, 0) is 18.3 Å². The molecule has 0 radical (unpaired) electrons. The predicted octanol–water partition coefficient (Wildman–Crippen LogP) is 1.48. The summed E-state index contributed by atoms with van der Waals surface area (Å²) in [6, 6.07) is 7.89. The van der Waals surface area contributed by atoms with E-state index in [0.29, 0.717) is 6.42 Å². The fraction of sp³-hybridized carbons (Fsp3) is 0.308. The molecule has 4 nitrogen and oxygen atoms in total. The van der Waals surface area contributed by atoms with Crippen molar-refractivity contribution in [2.45, 2.75) is 6.42 Å². The first kappa shape index (κ1) is 11.5. The highest BCUT2D eigenvalue weighted by Crippen LogP contribution is 2.28. The Kier molecular flexibility index (Phi) is 3.04. The zero-order valence-corrected chi connectivity index (χ0v) is 10.3. The van der Waals surface area contributed by atoms with Crippen LogP contribution in [0.5, 0.6) is 5.75 Å². The van der Waals surface area contributed by atoms with E-state index in [1.54, 1.807) is 14.2 Å². The van der Waals surface area contributed by atoms with Crippen molar-refractivity contribution in [2.24, 2.45) is 7.05 Å². The number of carbonyl (C=O) groups excluding carboxylic acids is 1. The molecular weight excluding hydrogens is 216 g/mol. The smallest absolute Gasteiger partial charge is 0.225 e. The van der Waals surface area contributed by atoms with Gasteiger partial charge < -0.3 is 14.6 Å². The number of methoxy groups -OCH3 is 1. The first-order valence-corrected chi connectivity index (χ1v) is 5.49. The summed E-state index contributed by atoms with van der Waals surface area (Å²) in [4.78, 5) is 11.4. The van der Waals surface area contributed by atoms with Crippen LogP contribution in [0.3, 0.4) is 0 Å². The number of fused-ring (bicyclic) bond motifs is 1. The third kappa shape index (κ3) is 1.98. The lowest BCUT2D eigenvalue weighted by Crippen LogP contribution is -2.21. The summed E-state index contributed by atoms with van der Waals surface area (Å²) in [5, 5.41) is 3.67. The molecule has 0 aliphatic carbocycles. The Labute approximate surface area is 100 Å². The summed E-state index contributed by atoms with van der Waals surface area (Å²) in [6.45, 7) is 0. The Balaban J connectivity index is 2.52. The normalized spacial score (nSPS) is 10.5. The van der Waals surface area contributed by atoms with Crippen LogP contribution < -0.4 is 10.1 Å². The van der Waals surface area contributed by atoms with Crippen LogP contribution in [0.15, 0.2) is 24.3 Å². The maximum Gasteiger partial charge on any atom is 0.225 e.